The number of aliphatic carboxylic acids is 1. The summed E-state index contributed by atoms with van der Waals surface area (Å²) < 4.78 is 8.54. The van der Waals surface area contributed by atoms with Gasteiger partial charge in [0.15, 0.2) is 0 Å². The Balaban J connectivity index is 1.20. The number of carbonyl (C=O) groups is 3. The highest BCUT2D eigenvalue weighted by atomic mass is 16.5. The fourth-order valence-electron chi connectivity index (χ4n) is 7.53. The molecular weight excluding hydrogens is 592 g/mol. The molecule has 0 spiro atoms. The van der Waals surface area contributed by atoms with Crippen molar-refractivity contribution in [3.8, 4) is 17.0 Å². The molecular formula is C38H40N4O5. The van der Waals surface area contributed by atoms with Crippen LogP contribution in [0.1, 0.15) is 72.3 Å². The average Bonchev–Trinajstić information content (AvgIpc) is 3.29. The highest BCUT2D eigenvalue weighted by Gasteiger charge is 2.41. The van der Waals surface area contributed by atoms with Crippen LogP contribution in [0.15, 0.2) is 72.8 Å². The van der Waals surface area contributed by atoms with Crippen LogP contribution in [0.4, 0.5) is 5.69 Å². The molecule has 1 saturated heterocycles. The predicted octanol–water partition coefficient (Wildman–Crippen LogP) is 6.34. The molecule has 4 aromatic rings. The number of amides is 2. The van der Waals surface area contributed by atoms with Crippen molar-refractivity contribution in [1.29, 1.82) is 0 Å². The number of fused-ring (bicyclic) bond motifs is 5. The minimum atomic E-state index is -1.09. The molecule has 9 nitrogen and oxygen atoms in total. The van der Waals surface area contributed by atoms with Crippen molar-refractivity contribution in [2.45, 2.75) is 62.9 Å². The molecule has 3 heterocycles. The monoisotopic (exact) mass is 632 g/mol. The first kappa shape index (κ1) is 30.7. The van der Waals surface area contributed by atoms with Crippen LogP contribution < -0.4 is 20.7 Å². The van der Waals surface area contributed by atoms with Crippen LogP contribution in [0.3, 0.4) is 0 Å². The van der Waals surface area contributed by atoms with E-state index in [4.69, 9.17) is 9.84 Å². The summed E-state index contributed by atoms with van der Waals surface area (Å²) in [7, 11) is 0. The fraction of sp³-hybridized carbons (Fsp3) is 0.342. The molecule has 2 fully saturated rings. The van der Waals surface area contributed by atoms with E-state index in [0.29, 0.717) is 61.8 Å². The highest BCUT2D eigenvalue weighted by Crippen LogP contribution is 2.47. The van der Waals surface area contributed by atoms with E-state index < -0.39 is 11.5 Å². The second kappa shape index (κ2) is 13.1. The lowest BCUT2D eigenvalue weighted by Crippen LogP contribution is -2.61. The zero-order chi connectivity index (χ0) is 32.4. The topological polar surface area (TPSA) is 122 Å². The number of ether oxygens (including phenoxy) is 1. The number of carbonyl (C=O) groups excluding carboxylic acids is 2. The smallest absolute Gasteiger partial charge is 0.328 e. The number of carboxylic acids is 1. The molecule has 4 N–H and O–H groups in total. The first-order valence-corrected chi connectivity index (χ1v) is 16.7. The second-order valence-electron chi connectivity index (χ2n) is 12.9. The summed E-state index contributed by atoms with van der Waals surface area (Å²) in [6.45, 7) is 2.42. The number of nitrogens with zero attached hydrogens (tertiary/aromatic N) is 1. The number of hydrogen-bond acceptors (Lipinski definition) is 5. The maximum Gasteiger partial charge on any atom is 0.328 e. The Morgan fingerprint density at radius 1 is 0.957 bits per heavy atom. The standard InChI is InChI=1S/C38H40N4O5/c43-33(44)17-12-25-10-14-28(15-11-25)40-37(46)38(18-20-39-21-19-38)41-36(45)27-13-16-29-31(24-27)42-22-23-47-32-9-5-4-8-30(32)35(42)34(29)26-6-2-1-3-7-26/h4-5,8-17,24,26,39H,1-3,6-7,18-23H2,(H,40,46)(H,41,45)(H,43,44)/b17-12+. The van der Waals surface area contributed by atoms with Gasteiger partial charge >= 0.3 is 5.97 Å². The Hall–Kier alpha value is -4.89. The number of anilines is 1. The Kier molecular flexibility index (Phi) is 8.56. The molecule has 0 atom stereocenters. The van der Waals surface area contributed by atoms with Crippen LogP contribution in [-0.2, 0) is 16.1 Å². The number of benzene rings is 3. The van der Waals surface area contributed by atoms with E-state index in [1.807, 2.05) is 24.3 Å². The molecule has 0 unspecified atom stereocenters. The van der Waals surface area contributed by atoms with Gasteiger partial charge in [-0.1, -0.05) is 49.6 Å². The number of hydrogen-bond donors (Lipinski definition) is 4. The van der Waals surface area contributed by atoms with Crippen LogP contribution >= 0.6 is 0 Å². The van der Waals surface area contributed by atoms with Gasteiger partial charge in [-0.25, -0.2) is 4.79 Å². The van der Waals surface area contributed by atoms with Gasteiger partial charge in [0, 0.05) is 33.8 Å². The van der Waals surface area contributed by atoms with Crippen molar-refractivity contribution in [3.63, 3.8) is 0 Å². The number of carboxylic acid groups (broad SMARTS) is 1. The number of para-hydroxylation sites is 1. The fourth-order valence-corrected chi connectivity index (χ4v) is 7.53. The third-order valence-electron chi connectivity index (χ3n) is 9.93. The van der Waals surface area contributed by atoms with E-state index in [1.165, 1.54) is 42.0 Å². The summed E-state index contributed by atoms with van der Waals surface area (Å²) in [4.78, 5) is 38.7. The third-order valence-corrected chi connectivity index (χ3v) is 9.93. The molecule has 3 aromatic carbocycles. The Morgan fingerprint density at radius 3 is 2.49 bits per heavy atom. The number of rotatable bonds is 7. The van der Waals surface area contributed by atoms with E-state index in [1.54, 1.807) is 24.3 Å². The minimum absolute atomic E-state index is 0.271. The molecule has 0 bridgehead atoms. The Morgan fingerprint density at radius 2 is 1.72 bits per heavy atom. The van der Waals surface area contributed by atoms with Gasteiger partial charge in [0.1, 0.15) is 17.9 Å². The molecule has 1 aliphatic carbocycles. The van der Waals surface area contributed by atoms with Gasteiger partial charge in [0.05, 0.1) is 12.2 Å². The molecule has 2 aliphatic heterocycles. The number of aromatic nitrogens is 1. The molecule has 47 heavy (non-hydrogen) atoms. The van der Waals surface area contributed by atoms with E-state index in [9.17, 15) is 14.4 Å². The minimum Gasteiger partial charge on any atom is -0.491 e. The normalized spacial score (nSPS) is 17.7. The first-order valence-electron chi connectivity index (χ1n) is 16.7. The predicted molar refractivity (Wildman–Crippen MR) is 183 cm³/mol. The van der Waals surface area contributed by atoms with Crippen molar-refractivity contribution >= 4 is 40.4 Å². The average molecular weight is 633 g/mol. The van der Waals surface area contributed by atoms with Gasteiger partial charge in [0.2, 0.25) is 5.91 Å². The van der Waals surface area contributed by atoms with Gasteiger partial charge in [-0.2, -0.15) is 0 Å². The lowest BCUT2D eigenvalue weighted by molar-refractivity contribution is -0.131. The molecule has 3 aliphatic rings. The SMILES string of the molecule is O=C(O)/C=C/c1ccc(NC(=O)C2(NC(=O)c3ccc4c(C5CCCCC5)c5n(c4c3)CCOc3ccccc3-5)CCNCC2)cc1. The Bertz CT molecular complexity index is 1850. The zero-order valence-electron chi connectivity index (χ0n) is 26.4. The van der Waals surface area contributed by atoms with Crippen LogP contribution in [-0.4, -0.2) is 52.7 Å². The molecule has 2 amide bonds. The summed E-state index contributed by atoms with van der Waals surface area (Å²) >= 11 is 0. The molecule has 1 aromatic heterocycles. The quantitative estimate of drug-likeness (QED) is 0.177. The van der Waals surface area contributed by atoms with Crippen LogP contribution in [0.2, 0.25) is 0 Å². The largest absolute Gasteiger partial charge is 0.491 e. The number of nitrogens with one attached hydrogen (secondary N) is 3. The van der Waals surface area contributed by atoms with Gasteiger partial charge in [-0.3, -0.25) is 9.59 Å². The van der Waals surface area contributed by atoms with Crippen molar-refractivity contribution < 1.29 is 24.2 Å². The van der Waals surface area contributed by atoms with Gasteiger partial charge in [-0.05, 0) is 98.3 Å². The Labute approximate surface area is 274 Å². The second-order valence-corrected chi connectivity index (χ2v) is 12.9. The zero-order valence-corrected chi connectivity index (χ0v) is 26.4. The van der Waals surface area contributed by atoms with E-state index >= 15 is 0 Å². The maximum atomic E-state index is 14.0. The maximum absolute atomic E-state index is 14.0. The van der Waals surface area contributed by atoms with E-state index in [0.717, 1.165) is 35.7 Å². The molecule has 9 heteroatoms. The first-order chi connectivity index (χ1) is 22.9. The third kappa shape index (κ3) is 6.15. The van der Waals surface area contributed by atoms with Gasteiger partial charge < -0.3 is 30.4 Å². The highest BCUT2D eigenvalue weighted by molar-refractivity contribution is 6.06. The summed E-state index contributed by atoms with van der Waals surface area (Å²) in [5, 5.41) is 19.5. The lowest BCUT2D eigenvalue weighted by atomic mass is 9.81. The molecule has 1 saturated carbocycles. The molecule has 242 valence electrons. The summed E-state index contributed by atoms with van der Waals surface area (Å²) in [5.74, 6) is -0.224. The summed E-state index contributed by atoms with van der Waals surface area (Å²) in [5.41, 5.74) is 5.40. The summed E-state index contributed by atoms with van der Waals surface area (Å²) in [6, 6.07) is 21.2. The van der Waals surface area contributed by atoms with Crippen LogP contribution in [0, 0.1) is 0 Å². The van der Waals surface area contributed by atoms with E-state index in [-0.39, 0.29) is 11.8 Å². The van der Waals surface area contributed by atoms with Crippen molar-refractivity contribution in [2.75, 3.05) is 25.0 Å². The van der Waals surface area contributed by atoms with Crippen molar-refractivity contribution in [3.05, 3.63) is 89.5 Å². The van der Waals surface area contributed by atoms with Crippen LogP contribution in [0.25, 0.3) is 28.2 Å². The number of piperidine rings is 1. The molecule has 7 rings (SSSR count). The van der Waals surface area contributed by atoms with Gasteiger partial charge in [0.25, 0.3) is 5.91 Å². The lowest BCUT2D eigenvalue weighted by Gasteiger charge is -2.37. The van der Waals surface area contributed by atoms with E-state index in [2.05, 4.69) is 38.7 Å². The summed E-state index contributed by atoms with van der Waals surface area (Å²) in [6.07, 6.45) is 9.50. The van der Waals surface area contributed by atoms with Crippen molar-refractivity contribution in [2.24, 2.45) is 0 Å². The van der Waals surface area contributed by atoms with Gasteiger partial charge in [-0.15, -0.1) is 0 Å². The van der Waals surface area contributed by atoms with Crippen LogP contribution in [0.5, 0.6) is 5.75 Å². The molecule has 0 radical (unpaired) electrons. The van der Waals surface area contributed by atoms with Crippen molar-refractivity contribution in [1.82, 2.24) is 15.2 Å².